The van der Waals surface area contributed by atoms with Crippen molar-refractivity contribution in [1.82, 2.24) is 4.90 Å². The second-order valence-electron chi connectivity index (χ2n) is 6.20. The molecule has 4 heteroatoms. The Morgan fingerprint density at radius 3 is 2.81 bits per heavy atom. The van der Waals surface area contributed by atoms with Gasteiger partial charge in [0.15, 0.2) is 0 Å². The Kier molecular flexibility index (Phi) is 4.27. The maximum atomic E-state index is 12.7. The summed E-state index contributed by atoms with van der Waals surface area (Å²) in [4.78, 5) is 16.9. The van der Waals surface area contributed by atoms with Gasteiger partial charge in [0.2, 0.25) is 5.91 Å². The van der Waals surface area contributed by atoms with Crippen molar-refractivity contribution in [3.63, 3.8) is 0 Å². The maximum absolute atomic E-state index is 12.7. The summed E-state index contributed by atoms with van der Waals surface area (Å²) in [5.41, 5.74) is 2.38. The predicted octanol–water partition coefficient (Wildman–Crippen LogP) is 2.08. The zero-order valence-electron chi connectivity index (χ0n) is 12.9. The highest BCUT2D eigenvalue weighted by atomic mass is 16.5. The fourth-order valence-corrected chi connectivity index (χ4v) is 3.49. The molecule has 0 spiro atoms. The molecule has 114 valence electrons. The summed E-state index contributed by atoms with van der Waals surface area (Å²) in [5.74, 6) is 0.210. The van der Waals surface area contributed by atoms with Crippen molar-refractivity contribution in [1.29, 1.82) is 0 Å². The quantitative estimate of drug-likeness (QED) is 0.853. The van der Waals surface area contributed by atoms with Crippen molar-refractivity contribution in [3.05, 3.63) is 29.8 Å². The van der Waals surface area contributed by atoms with E-state index in [9.17, 15) is 4.79 Å². The normalized spacial score (nSPS) is 22.6. The average Bonchev–Trinajstić information content (AvgIpc) is 2.83. The lowest BCUT2D eigenvalue weighted by molar-refractivity contribution is -0.120. The number of anilines is 1. The third-order valence-electron chi connectivity index (χ3n) is 4.67. The molecule has 2 aliphatic heterocycles. The van der Waals surface area contributed by atoms with Crippen LogP contribution in [0.4, 0.5) is 5.69 Å². The summed E-state index contributed by atoms with van der Waals surface area (Å²) in [6, 6.07) is 8.98. The van der Waals surface area contributed by atoms with Gasteiger partial charge >= 0.3 is 0 Å². The zero-order chi connectivity index (χ0) is 14.8. The molecule has 0 N–H and O–H groups in total. The Morgan fingerprint density at radius 1 is 1.33 bits per heavy atom. The van der Waals surface area contributed by atoms with Crippen molar-refractivity contribution in [2.45, 2.75) is 38.3 Å². The molecule has 1 fully saturated rings. The predicted molar refractivity (Wildman–Crippen MR) is 83.6 cm³/mol. The van der Waals surface area contributed by atoms with E-state index in [0.717, 1.165) is 38.2 Å². The van der Waals surface area contributed by atoms with Crippen molar-refractivity contribution in [2.75, 3.05) is 31.7 Å². The monoisotopic (exact) mass is 288 g/mol. The van der Waals surface area contributed by atoms with Crippen molar-refractivity contribution < 1.29 is 9.53 Å². The summed E-state index contributed by atoms with van der Waals surface area (Å²) < 4.78 is 5.40. The van der Waals surface area contributed by atoms with Crippen LogP contribution in [0.5, 0.6) is 0 Å². The molecule has 0 unspecified atom stereocenters. The van der Waals surface area contributed by atoms with Gasteiger partial charge in [0.05, 0.1) is 6.54 Å². The van der Waals surface area contributed by atoms with Gasteiger partial charge in [0, 0.05) is 31.0 Å². The molecule has 21 heavy (non-hydrogen) atoms. The van der Waals surface area contributed by atoms with E-state index in [1.54, 1.807) is 0 Å². The Labute approximate surface area is 126 Å². The molecule has 0 aromatic heterocycles. The topological polar surface area (TPSA) is 32.8 Å². The van der Waals surface area contributed by atoms with Gasteiger partial charge in [-0.2, -0.15) is 0 Å². The molecule has 1 saturated heterocycles. The van der Waals surface area contributed by atoms with E-state index >= 15 is 0 Å². The minimum absolute atomic E-state index is 0.210. The van der Waals surface area contributed by atoms with Gasteiger partial charge in [-0.3, -0.25) is 9.69 Å². The zero-order valence-corrected chi connectivity index (χ0v) is 12.9. The first kappa shape index (κ1) is 14.5. The van der Waals surface area contributed by atoms with Crippen LogP contribution in [0, 0.1) is 0 Å². The van der Waals surface area contributed by atoms with Crippen LogP contribution in [0.15, 0.2) is 24.3 Å². The first-order valence-corrected chi connectivity index (χ1v) is 7.85. The number of benzene rings is 1. The molecular weight excluding hydrogens is 264 g/mol. The molecular formula is C17H24N2O2. The second kappa shape index (κ2) is 6.16. The summed E-state index contributed by atoms with van der Waals surface area (Å²) in [6.45, 7) is 4.24. The van der Waals surface area contributed by atoms with Crippen LogP contribution in [-0.2, 0) is 16.0 Å². The van der Waals surface area contributed by atoms with Crippen molar-refractivity contribution >= 4 is 11.6 Å². The third kappa shape index (κ3) is 2.97. The van der Waals surface area contributed by atoms with Gasteiger partial charge < -0.3 is 9.64 Å². The number of nitrogens with zero attached hydrogens (tertiary/aromatic N) is 2. The molecule has 0 radical (unpaired) electrons. The number of ether oxygens (including phenoxy) is 1. The fraction of sp³-hybridized carbons (Fsp3) is 0.588. The van der Waals surface area contributed by atoms with Gasteiger partial charge in [0.25, 0.3) is 0 Å². The van der Waals surface area contributed by atoms with Crippen molar-refractivity contribution in [2.24, 2.45) is 0 Å². The number of para-hydroxylation sites is 1. The number of carbonyl (C=O) groups excluding carboxylic acids is 1. The SMILES string of the molecule is C[C@H]1Cc2ccccc2N1C(=O)CN(C)C1CCOCC1. The minimum Gasteiger partial charge on any atom is -0.381 e. The lowest BCUT2D eigenvalue weighted by atomic mass is 10.1. The first-order valence-electron chi connectivity index (χ1n) is 7.85. The third-order valence-corrected chi connectivity index (χ3v) is 4.67. The average molecular weight is 288 g/mol. The number of carbonyl (C=O) groups is 1. The van der Waals surface area contributed by atoms with Crippen LogP contribution in [0.3, 0.4) is 0 Å². The Morgan fingerprint density at radius 2 is 2.05 bits per heavy atom. The number of fused-ring (bicyclic) bond motifs is 1. The van der Waals surface area contributed by atoms with E-state index in [4.69, 9.17) is 4.74 Å². The number of amides is 1. The molecule has 3 rings (SSSR count). The van der Waals surface area contributed by atoms with Crippen LogP contribution >= 0.6 is 0 Å². The lowest BCUT2D eigenvalue weighted by Gasteiger charge is -2.32. The van der Waals surface area contributed by atoms with E-state index in [0.29, 0.717) is 12.6 Å². The molecule has 1 aromatic rings. The van der Waals surface area contributed by atoms with Gasteiger partial charge in [-0.05, 0) is 44.9 Å². The van der Waals surface area contributed by atoms with Gasteiger partial charge in [0.1, 0.15) is 0 Å². The van der Waals surface area contributed by atoms with Crippen LogP contribution in [0.1, 0.15) is 25.3 Å². The number of hydrogen-bond donors (Lipinski definition) is 0. The Bertz CT molecular complexity index is 511. The van der Waals surface area contributed by atoms with E-state index in [1.165, 1.54) is 5.56 Å². The van der Waals surface area contributed by atoms with Gasteiger partial charge in [-0.1, -0.05) is 18.2 Å². The smallest absolute Gasteiger partial charge is 0.241 e. The van der Waals surface area contributed by atoms with E-state index in [-0.39, 0.29) is 11.9 Å². The summed E-state index contributed by atoms with van der Waals surface area (Å²) >= 11 is 0. The summed E-state index contributed by atoms with van der Waals surface area (Å²) in [6.07, 6.45) is 3.01. The molecule has 0 aliphatic carbocycles. The Hall–Kier alpha value is -1.39. The Balaban J connectivity index is 1.67. The highest BCUT2D eigenvalue weighted by Crippen LogP contribution is 2.32. The molecule has 0 saturated carbocycles. The molecule has 1 atom stereocenters. The van der Waals surface area contributed by atoms with E-state index in [2.05, 4.69) is 31.0 Å². The van der Waals surface area contributed by atoms with E-state index < -0.39 is 0 Å². The molecule has 4 nitrogen and oxygen atoms in total. The first-order chi connectivity index (χ1) is 10.2. The molecule has 0 bridgehead atoms. The van der Waals surface area contributed by atoms with Gasteiger partial charge in [-0.25, -0.2) is 0 Å². The largest absolute Gasteiger partial charge is 0.381 e. The van der Waals surface area contributed by atoms with E-state index in [1.807, 2.05) is 17.0 Å². The van der Waals surface area contributed by atoms with Crippen LogP contribution in [-0.4, -0.2) is 49.7 Å². The molecule has 1 amide bonds. The van der Waals surface area contributed by atoms with Crippen LogP contribution < -0.4 is 4.90 Å². The number of rotatable bonds is 3. The van der Waals surface area contributed by atoms with Gasteiger partial charge in [-0.15, -0.1) is 0 Å². The fourth-order valence-electron chi connectivity index (χ4n) is 3.49. The highest BCUT2D eigenvalue weighted by Gasteiger charge is 2.31. The van der Waals surface area contributed by atoms with Crippen LogP contribution in [0.2, 0.25) is 0 Å². The summed E-state index contributed by atoms with van der Waals surface area (Å²) in [7, 11) is 2.06. The number of hydrogen-bond acceptors (Lipinski definition) is 3. The highest BCUT2D eigenvalue weighted by molar-refractivity contribution is 5.97. The van der Waals surface area contributed by atoms with Crippen LogP contribution in [0.25, 0.3) is 0 Å². The standard InChI is InChI=1S/C17H24N2O2/c1-13-11-14-5-3-4-6-16(14)19(13)17(20)12-18(2)15-7-9-21-10-8-15/h3-6,13,15H,7-12H2,1-2H3/t13-/m0/s1. The minimum atomic E-state index is 0.210. The maximum Gasteiger partial charge on any atom is 0.241 e. The molecule has 2 aliphatic rings. The van der Waals surface area contributed by atoms with Crippen molar-refractivity contribution in [3.8, 4) is 0 Å². The molecule has 1 aromatic carbocycles. The summed E-state index contributed by atoms with van der Waals surface area (Å²) in [5, 5.41) is 0. The molecule has 2 heterocycles. The number of likely N-dealkylation sites (N-methyl/N-ethyl adjacent to an activating group) is 1. The lowest BCUT2D eigenvalue weighted by Crippen LogP contribution is -2.46. The second-order valence-corrected chi connectivity index (χ2v) is 6.20.